The average molecular weight is 420 g/mol. The van der Waals surface area contributed by atoms with Crippen LogP contribution in [0.5, 0.6) is 0 Å². The maximum absolute atomic E-state index is 12.9. The van der Waals surface area contributed by atoms with Crippen LogP contribution in [0.3, 0.4) is 0 Å². The lowest BCUT2D eigenvalue weighted by atomic mass is 10.1. The molecule has 0 atom stereocenters. The van der Waals surface area contributed by atoms with Gasteiger partial charge in [0.2, 0.25) is 0 Å². The second-order valence-corrected chi connectivity index (χ2v) is 7.55. The Hall–Kier alpha value is -2.88. The zero-order valence-corrected chi connectivity index (χ0v) is 15.8. The van der Waals surface area contributed by atoms with E-state index < -0.39 is 11.7 Å². The van der Waals surface area contributed by atoms with E-state index in [1.807, 2.05) is 0 Å². The number of hydrogen-bond donors (Lipinski definition) is 0. The second kappa shape index (κ2) is 7.51. The van der Waals surface area contributed by atoms with Crippen LogP contribution in [0.2, 0.25) is 0 Å². The Morgan fingerprint density at radius 2 is 1.62 bits per heavy atom. The zero-order chi connectivity index (χ0) is 20.6. The molecule has 0 spiro atoms. The van der Waals surface area contributed by atoms with Crippen molar-refractivity contribution in [2.24, 2.45) is 0 Å². The van der Waals surface area contributed by atoms with E-state index in [4.69, 9.17) is 0 Å². The van der Waals surface area contributed by atoms with E-state index in [0.717, 1.165) is 12.3 Å². The van der Waals surface area contributed by atoms with Crippen molar-refractivity contribution in [2.45, 2.75) is 24.2 Å². The summed E-state index contributed by atoms with van der Waals surface area (Å²) in [6.07, 6.45) is -2.21. The molecule has 1 aliphatic heterocycles. The molecule has 0 N–H and O–H groups in total. The SMILES string of the molecule is O=C1c2ccccc2C(=O)N1CCCCSc1nnc2ccc(C(F)(F)F)cn12. The van der Waals surface area contributed by atoms with Crippen molar-refractivity contribution in [3.8, 4) is 0 Å². The standard InChI is InChI=1S/C19H15F3N4O2S/c20-19(21,22)12-7-8-15-23-24-18(26(15)11-12)29-10-4-3-9-25-16(27)13-5-1-2-6-14(13)17(25)28/h1-2,5-8,11H,3-4,9-10H2. The number of fused-ring (bicyclic) bond motifs is 2. The van der Waals surface area contributed by atoms with Crippen LogP contribution in [0.4, 0.5) is 13.2 Å². The first-order valence-corrected chi connectivity index (χ1v) is 9.85. The Kier molecular flexibility index (Phi) is 5.03. The number of nitrogens with zero attached hydrogens (tertiary/aromatic N) is 4. The normalized spacial score (nSPS) is 14.1. The maximum atomic E-state index is 12.9. The summed E-state index contributed by atoms with van der Waals surface area (Å²) in [7, 11) is 0. The minimum absolute atomic E-state index is 0.290. The number of unbranched alkanes of at least 4 members (excludes halogenated alkanes) is 1. The summed E-state index contributed by atoms with van der Waals surface area (Å²) < 4.78 is 40.0. The fourth-order valence-electron chi connectivity index (χ4n) is 3.11. The molecule has 0 aliphatic carbocycles. The molecule has 0 fully saturated rings. The predicted octanol–water partition coefficient (Wildman–Crippen LogP) is 3.92. The van der Waals surface area contributed by atoms with Gasteiger partial charge in [-0.3, -0.25) is 18.9 Å². The van der Waals surface area contributed by atoms with Gasteiger partial charge in [-0.1, -0.05) is 23.9 Å². The molecule has 2 aromatic heterocycles. The van der Waals surface area contributed by atoms with Crippen LogP contribution < -0.4 is 0 Å². The molecule has 2 amide bonds. The van der Waals surface area contributed by atoms with Crippen LogP contribution in [0.25, 0.3) is 5.65 Å². The first-order valence-electron chi connectivity index (χ1n) is 8.86. The van der Waals surface area contributed by atoms with Crippen LogP contribution in [0.15, 0.2) is 47.8 Å². The topological polar surface area (TPSA) is 67.6 Å². The lowest BCUT2D eigenvalue weighted by Gasteiger charge is -2.13. The molecule has 0 radical (unpaired) electrons. The van der Waals surface area contributed by atoms with Gasteiger partial charge < -0.3 is 0 Å². The fourth-order valence-corrected chi connectivity index (χ4v) is 4.03. The molecule has 29 heavy (non-hydrogen) atoms. The number of pyridine rings is 1. The maximum Gasteiger partial charge on any atom is 0.417 e. The molecule has 0 unspecified atom stereocenters. The van der Waals surface area contributed by atoms with Crippen LogP contribution in [0, 0.1) is 0 Å². The summed E-state index contributed by atoms with van der Waals surface area (Å²) in [6.45, 7) is 0.297. The number of amides is 2. The molecule has 150 valence electrons. The average Bonchev–Trinajstić information content (AvgIpc) is 3.21. The van der Waals surface area contributed by atoms with E-state index in [0.29, 0.717) is 47.1 Å². The van der Waals surface area contributed by atoms with Crippen molar-refractivity contribution in [2.75, 3.05) is 12.3 Å². The van der Waals surface area contributed by atoms with Gasteiger partial charge in [-0.2, -0.15) is 13.2 Å². The van der Waals surface area contributed by atoms with E-state index in [-0.39, 0.29) is 11.8 Å². The number of carbonyl (C=O) groups is 2. The van der Waals surface area contributed by atoms with Gasteiger partial charge in [-0.15, -0.1) is 10.2 Å². The first kappa shape index (κ1) is 19.4. The number of thioether (sulfide) groups is 1. The third kappa shape index (κ3) is 3.71. The number of hydrogen-bond acceptors (Lipinski definition) is 5. The number of imide groups is 1. The monoisotopic (exact) mass is 420 g/mol. The summed E-state index contributed by atoms with van der Waals surface area (Å²) in [5, 5.41) is 8.18. The highest BCUT2D eigenvalue weighted by atomic mass is 32.2. The molecule has 3 aromatic rings. The predicted molar refractivity (Wildman–Crippen MR) is 99.8 cm³/mol. The van der Waals surface area contributed by atoms with Gasteiger partial charge in [0.15, 0.2) is 10.8 Å². The molecule has 10 heteroatoms. The first-order chi connectivity index (χ1) is 13.9. The van der Waals surface area contributed by atoms with E-state index >= 15 is 0 Å². The molecule has 0 bridgehead atoms. The lowest BCUT2D eigenvalue weighted by Crippen LogP contribution is -2.30. The molecular weight excluding hydrogens is 405 g/mol. The highest BCUT2D eigenvalue weighted by molar-refractivity contribution is 7.99. The van der Waals surface area contributed by atoms with E-state index in [1.54, 1.807) is 24.3 Å². The second-order valence-electron chi connectivity index (χ2n) is 6.49. The molecule has 1 aromatic carbocycles. The van der Waals surface area contributed by atoms with Crippen molar-refractivity contribution in [3.63, 3.8) is 0 Å². The van der Waals surface area contributed by atoms with E-state index in [1.165, 1.54) is 27.1 Å². The Morgan fingerprint density at radius 3 is 2.28 bits per heavy atom. The molecule has 6 nitrogen and oxygen atoms in total. The Bertz CT molecular complexity index is 1060. The van der Waals surface area contributed by atoms with Crippen molar-refractivity contribution in [3.05, 3.63) is 59.3 Å². The third-order valence-corrected chi connectivity index (χ3v) is 5.61. The van der Waals surface area contributed by atoms with Crippen molar-refractivity contribution >= 4 is 29.2 Å². The highest BCUT2D eigenvalue weighted by Gasteiger charge is 2.34. The quantitative estimate of drug-likeness (QED) is 0.344. The number of alkyl halides is 3. The molecule has 1 aliphatic rings. The van der Waals surface area contributed by atoms with Gasteiger partial charge >= 0.3 is 6.18 Å². The highest BCUT2D eigenvalue weighted by Crippen LogP contribution is 2.30. The number of carbonyl (C=O) groups excluding carboxylic acids is 2. The van der Waals surface area contributed by atoms with Crippen LogP contribution in [-0.4, -0.2) is 43.6 Å². The number of benzene rings is 1. The molecule has 0 saturated carbocycles. The minimum atomic E-state index is -4.44. The minimum Gasteiger partial charge on any atom is -0.277 e. The summed E-state index contributed by atoms with van der Waals surface area (Å²) in [6, 6.07) is 8.96. The molecule has 0 saturated heterocycles. The third-order valence-electron chi connectivity index (χ3n) is 4.58. The molecule has 3 heterocycles. The van der Waals surface area contributed by atoms with Crippen molar-refractivity contribution in [1.29, 1.82) is 0 Å². The van der Waals surface area contributed by atoms with Gasteiger partial charge in [0.05, 0.1) is 16.7 Å². The van der Waals surface area contributed by atoms with Gasteiger partial charge in [-0.05, 0) is 37.1 Å². The number of rotatable bonds is 6. The fraction of sp³-hybridized carbons (Fsp3) is 0.263. The Morgan fingerprint density at radius 1 is 0.931 bits per heavy atom. The zero-order valence-electron chi connectivity index (χ0n) is 15.0. The van der Waals surface area contributed by atoms with Gasteiger partial charge in [0, 0.05) is 18.5 Å². The smallest absolute Gasteiger partial charge is 0.277 e. The Balaban J connectivity index is 1.33. The lowest BCUT2D eigenvalue weighted by molar-refractivity contribution is -0.137. The van der Waals surface area contributed by atoms with Crippen LogP contribution in [0.1, 0.15) is 39.1 Å². The number of halogens is 3. The summed E-state index contributed by atoms with van der Waals surface area (Å²) in [5.41, 5.74) is 0.411. The van der Waals surface area contributed by atoms with Gasteiger partial charge in [0.25, 0.3) is 11.8 Å². The summed E-state index contributed by atoms with van der Waals surface area (Å²) in [4.78, 5) is 25.8. The van der Waals surface area contributed by atoms with Crippen molar-refractivity contribution < 1.29 is 22.8 Å². The van der Waals surface area contributed by atoms with Crippen LogP contribution in [-0.2, 0) is 6.18 Å². The van der Waals surface area contributed by atoms with Crippen molar-refractivity contribution in [1.82, 2.24) is 19.5 Å². The van der Waals surface area contributed by atoms with Gasteiger partial charge in [0.1, 0.15) is 0 Å². The largest absolute Gasteiger partial charge is 0.417 e. The van der Waals surface area contributed by atoms with Crippen LogP contribution >= 0.6 is 11.8 Å². The van der Waals surface area contributed by atoms with E-state index in [2.05, 4.69) is 10.2 Å². The van der Waals surface area contributed by atoms with Gasteiger partial charge in [-0.25, -0.2) is 0 Å². The Labute approximate surface area is 167 Å². The molecular formula is C19H15F3N4O2S. The molecule has 4 rings (SSSR count). The van der Waals surface area contributed by atoms with E-state index in [9.17, 15) is 22.8 Å². The number of aromatic nitrogens is 3. The summed E-state index contributed by atoms with van der Waals surface area (Å²) >= 11 is 1.28. The summed E-state index contributed by atoms with van der Waals surface area (Å²) in [5.74, 6) is -0.0111.